The fraction of sp³-hybridized carbons (Fsp3) is 0.500. The first-order valence-electron chi connectivity index (χ1n) is 5.94. The Balaban J connectivity index is 2.39. The molecule has 1 atom stereocenters. The lowest BCUT2D eigenvalue weighted by atomic mass is 9.77. The zero-order chi connectivity index (χ0) is 11.6. The highest BCUT2D eigenvalue weighted by atomic mass is 16.3. The molecule has 0 bridgehead atoms. The van der Waals surface area contributed by atoms with Gasteiger partial charge in [-0.1, -0.05) is 43.2 Å². The largest absolute Gasteiger partial charge is 0.377 e. The van der Waals surface area contributed by atoms with Crippen molar-refractivity contribution in [3.05, 3.63) is 35.9 Å². The van der Waals surface area contributed by atoms with Crippen molar-refractivity contribution >= 4 is 5.78 Å². The molecule has 1 N–H and O–H groups in total. The van der Waals surface area contributed by atoms with Crippen LogP contribution in [0.5, 0.6) is 0 Å². The Kier molecular flexibility index (Phi) is 3.10. The lowest BCUT2D eigenvalue weighted by molar-refractivity contribution is -0.142. The van der Waals surface area contributed by atoms with Gasteiger partial charge in [0.25, 0.3) is 0 Å². The molecule has 0 aliphatic heterocycles. The van der Waals surface area contributed by atoms with Crippen molar-refractivity contribution < 1.29 is 9.90 Å². The van der Waals surface area contributed by atoms with E-state index >= 15 is 0 Å². The van der Waals surface area contributed by atoms with Crippen molar-refractivity contribution in [2.75, 3.05) is 0 Å². The zero-order valence-electron chi connectivity index (χ0n) is 9.65. The third-order valence-electron chi connectivity index (χ3n) is 3.70. The molecule has 1 aliphatic carbocycles. The summed E-state index contributed by atoms with van der Waals surface area (Å²) in [6.45, 7) is 1.49. The average molecular weight is 218 g/mol. The van der Waals surface area contributed by atoms with Gasteiger partial charge in [0.1, 0.15) is 0 Å². The summed E-state index contributed by atoms with van der Waals surface area (Å²) in [6, 6.07) is 9.34. The molecule has 1 fully saturated rings. The summed E-state index contributed by atoms with van der Waals surface area (Å²) in [5.74, 6) is -0.0435. The number of hydrogen-bond donors (Lipinski definition) is 1. The van der Waals surface area contributed by atoms with Crippen LogP contribution in [-0.2, 0) is 10.4 Å². The number of Topliss-reactive ketones (excluding diaryl/α,β-unsaturated/α-hetero) is 1. The summed E-state index contributed by atoms with van der Waals surface area (Å²) < 4.78 is 0. The summed E-state index contributed by atoms with van der Waals surface area (Å²) in [5, 5.41) is 10.7. The fourth-order valence-corrected chi connectivity index (χ4v) is 2.76. The number of aliphatic hydroxyl groups is 1. The first kappa shape index (κ1) is 11.3. The summed E-state index contributed by atoms with van der Waals surface area (Å²) in [7, 11) is 0. The van der Waals surface area contributed by atoms with E-state index in [9.17, 15) is 9.90 Å². The van der Waals surface area contributed by atoms with E-state index in [2.05, 4.69) is 0 Å². The maximum Gasteiger partial charge on any atom is 0.166 e. The summed E-state index contributed by atoms with van der Waals surface area (Å²) in [6.07, 6.45) is 4.14. The van der Waals surface area contributed by atoms with Gasteiger partial charge in [-0.15, -0.1) is 0 Å². The second-order valence-electron chi connectivity index (χ2n) is 4.67. The van der Waals surface area contributed by atoms with Crippen molar-refractivity contribution in [1.82, 2.24) is 0 Å². The van der Waals surface area contributed by atoms with Gasteiger partial charge in [0.05, 0.1) is 0 Å². The molecule has 1 aliphatic rings. The Bertz CT molecular complexity index is 366. The van der Waals surface area contributed by atoms with Crippen LogP contribution in [0.25, 0.3) is 0 Å². The predicted molar refractivity (Wildman–Crippen MR) is 63.0 cm³/mol. The predicted octanol–water partition coefficient (Wildman–Crippen LogP) is 2.65. The van der Waals surface area contributed by atoms with Crippen molar-refractivity contribution in [2.45, 2.75) is 38.2 Å². The molecule has 2 heteroatoms. The quantitative estimate of drug-likeness (QED) is 0.846. The molecule has 2 rings (SSSR count). The van der Waals surface area contributed by atoms with E-state index < -0.39 is 5.60 Å². The van der Waals surface area contributed by atoms with Crippen LogP contribution in [0.1, 0.15) is 38.2 Å². The van der Waals surface area contributed by atoms with Crippen LogP contribution in [0.2, 0.25) is 0 Å². The smallest absolute Gasteiger partial charge is 0.166 e. The third-order valence-corrected chi connectivity index (χ3v) is 3.70. The zero-order valence-corrected chi connectivity index (χ0v) is 9.65. The van der Waals surface area contributed by atoms with Gasteiger partial charge in [0.15, 0.2) is 11.4 Å². The number of hydrogen-bond acceptors (Lipinski definition) is 2. The molecule has 0 radical (unpaired) electrons. The topological polar surface area (TPSA) is 37.3 Å². The highest BCUT2D eigenvalue weighted by molar-refractivity contribution is 5.86. The fourth-order valence-electron chi connectivity index (χ4n) is 2.76. The normalized spacial score (nSPS) is 20.6. The van der Waals surface area contributed by atoms with E-state index in [-0.39, 0.29) is 11.7 Å². The van der Waals surface area contributed by atoms with Crippen LogP contribution < -0.4 is 0 Å². The van der Waals surface area contributed by atoms with Crippen molar-refractivity contribution in [1.29, 1.82) is 0 Å². The molecule has 16 heavy (non-hydrogen) atoms. The summed E-state index contributed by atoms with van der Waals surface area (Å²) >= 11 is 0. The van der Waals surface area contributed by atoms with Crippen LogP contribution >= 0.6 is 0 Å². The van der Waals surface area contributed by atoms with E-state index in [0.717, 1.165) is 31.2 Å². The van der Waals surface area contributed by atoms with E-state index in [1.165, 1.54) is 6.92 Å². The molecule has 0 spiro atoms. The molecule has 2 nitrogen and oxygen atoms in total. The molecule has 0 saturated heterocycles. The van der Waals surface area contributed by atoms with Gasteiger partial charge in [0, 0.05) is 0 Å². The molecule has 0 aromatic heterocycles. The van der Waals surface area contributed by atoms with Gasteiger partial charge >= 0.3 is 0 Å². The molecular formula is C14H18O2. The second-order valence-corrected chi connectivity index (χ2v) is 4.67. The van der Waals surface area contributed by atoms with Gasteiger partial charge < -0.3 is 5.11 Å². The van der Waals surface area contributed by atoms with Crippen LogP contribution in [0.3, 0.4) is 0 Å². The van der Waals surface area contributed by atoms with Crippen LogP contribution in [0.4, 0.5) is 0 Å². The average Bonchev–Trinajstić information content (AvgIpc) is 2.82. The SMILES string of the molecule is CC(=O)C(O)(c1ccccc1)C1CCCC1. The van der Waals surface area contributed by atoms with E-state index in [1.54, 1.807) is 0 Å². The van der Waals surface area contributed by atoms with Crippen molar-refractivity contribution in [3.8, 4) is 0 Å². The van der Waals surface area contributed by atoms with Crippen LogP contribution in [-0.4, -0.2) is 10.9 Å². The van der Waals surface area contributed by atoms with Gasteiger partial charge in [-0.2, -0.15) is 0 Å². The first-order valence-corrected chi connectivity index (χ1v) is 5.94. The molecular weight excluding hydrogens is 200 g/mol. The Morgan fingerprint density at radius 2 is 1.81 bits per heavy atom. The minimum atomic E-state index is -1.27. The van der Waals surface area contributed by atoms with Gasteiger partial charge in [-0.3, -0.25) is 4.79 Å². The minimum Gasteiger partial charge on any atom is -0.377 e. The lowest BCUT2D eigenvalue weighted by Gasteiger charge is -2.32. The van der Waals surface area contributed by atoms with Gasteiger partial charge in [-0.25, -0.2) is 0 Å². The number of benzene rings is 1. The molecule has 0 amide bonds. The van der Waals surface area contributed by atoms with Gasteiger partial charge in [0.2, 0.25) is 0 Å². The minimum absolute atomic E-state index is 0.0902. The molecule has 1 unspecified atom stereocenters. The number of rotatable bonds is 3. The molecule has 1 aromatic carbocycles. The standard InChI is InChI=1S/C14H18O2/c1-11(15)14(16,13-9-5-6-10-13)12-7-3-2-4-8-12/h2-4,7-8,13,16H,5-6,9-10H2,1H3. The van der Waals surface area contributed by atoms with Crippen molar-refractivity contribution in [3.63, 3.8) is 0 Å². The maximum absolute atomic E-state index is 11.8. The Hall–Kier alpha value is -1.15. The van der Waals surface area contributed by atoms with Crippen LogP contribution in [0.15, 0.2) is 30.3 Å². The number of carbonyl (C=O) groups is 1. The lowest BCUT2D eigenvalue weighted by Crippen LogP contribution is -2.40. The van der Waals surface area contributed by atoms with E-state index in [1.807, 2.05) is 30.3 Å². The maximum atomic E-state index is 11.8. The number of carbonyl (C=O) groups excluding carboxylic acids is 1. The Morgan fingerprint density at radius 3 is 2.31 bits per heavy atom. The third kappa shape index (κ3) is 1.78. The Labute approximate surface area is 96.3 Å². The van der Waals surface area contributed by atoms with E-state index in [0.29, 0.717) is 0 Å². The van der Waals surface area contributed by atoms with Gasteiger partial charge in [-0.05, 0) is 31.2 Å². The molecule has 1 saturated carbocycles. The first-order chi connectivity index (χ1) is 7.65. The summed E-state index contributed by atoms with van der Waals surface area (Å²) in [4.78, 5) is 11.8. The highest BCUT2D eigenvalue weighted by Crippen LogP contribution is 2.41. The number of ketones is 1. The van der Waals surface area contributed by atoms with Crippen LogP contribution in [0, 0.1) is 5.92 Å². The monoisotopic (exact) mass is 218 g/mol. The molecule has 1 aromatic rings. The summed E-state index contributed by atoms with van der Waals surface area (Å²) in [5.41, 5.74) is -0.521. The molecule has 0 heterocycles. The second kappa shape index (κ2) is 4.38. The van der Waals surface area contributed by atoms with E-state index in [4.69, 9.17) is 0 Å². The Morgan fingerprint density at radius 1 is 1.25 bits per heavy atom. The van der Waals surface area contributed by atoms with Crippen molar-refractivity contribution in [2.24, 2.45) is 5.92 Å². The highest BCUT2D eigenvalue weighted by Gasteiger charge is 2.43. The molecule has 86 valence electrons.